The van der Waals surface area contributed by atoms with Crippen molar-refractivity contribution in [1.82, 2.24) is 0 Å². The lowest BCUT2D eigenvalue weighted by atomic mass is 9.71. The summed E-state index contributed by atoms with van der Waals surface area (Å²) in [5.41, 5.74) is 5.39. The number of Topliss-reactive ketones (excluding diaryl/α,β-unsaturated/α-hetero) is 1. The Morgan fingerprint density at radius 3 is 2.00 bits per heavy atom. The van der Waals surface area contributed by atoms with Crippen molar-refractivity contribution in [2.45, 2.75) is 65.2 Å². The number of aliphatic hydroxyl groups is 1. The highest BCUT2D eigenvalue weighted by molar-refractivity contribution is 6.23. The fourth-order valence-corrected chi connectivity index (χ4v) is 6.36. The molecule has 3 aliphatic rings. The molecule has 2 aromatic rings. The minimum atomic E-state index is -0.653. The first-order valence-corrected chi connectivity index (χ1v) is 13.3. The first-order chi connectivity index (χ1) is 18.7. The van der Waals surface area contributed by atoms with Gasteiger partial charge < -0.3 is 10.4 Å². The van der Waals surface area contributed by atoms with Crippen LogP contribution in [0.3, 0.4) is 0 Å². The van der Waals surface area contributed by atoms with E-state index in [0.717, 1.165) is 33.6 Å². The summed E-state index contributed by atoms with van der Waals surface area (Å²) in [6.07, 6.45) is 2.90. The first-order valence-electron chi connectivity index (χ1n) is 13.3. The summed E-state index contributed by atoms with van der Waals surface area (Å²) >= 11 is 0. The number of fused-ring (bicyclic) bond motifs is 2. The lowest BCUT2D eigenvalue weighted by Crippen LogP contribution is -2.30. The van der Waals surface area contributed by atoms with E-state index in [-0.39, 0.29) is 34.1 Å². The molecule has 0 bridgehead atoms. The molecule has 0 amide bonds. The highest BCUT2D eigenvalue weighted by Gasteiger charge is 2.45. The van der Waals surface area contributed by atoms with E-state index < -0.39 is 20.7 Å². The number of anilines is 1. The summed E-state index contributed by atoms with van der Waals surface area (Å²) in [4.78, 5) is 35.7. The maximum atomic E-state index is 13.8. The number of rotatable bonds is 6. The van der Waals surface area contributed by atoms with Gasteiger partial charge in [0.05, 0.1) is 21.0 Å². The molecular weight excluding hydrogens is 510 g/mol. The van der Waals surface area contributed by atoms with Crippen LogP contribution in [0.5, 0.6) is 0 Å². The molecular formula is C31H31N3O6. The summed E-state index contributed by atoms with van der Waals surface area (Å²) in [7, 11) is 0. The van der Waals surface area contributed by atoms with Crippen LogP contribution in [-0.2, 0) is 15.6 Å². The van der Waals surface area contributed by atoms with Crippen LogP contribution in [0.15, 0.2) is 75.7 Å². The number of hydrogen-bond donors (Lipinski definition) is 2. The lowest BCUT2D eigenvalue weighted by Gasteiger charge is -2.32. The smallest absolute Gasteiger partial charge is 0.269 e. The second-order valence-corrected chi connectivity index (χ2v) is 11.4. The van der Waals surface area contributed by atoms with Gasteiger partial charge in [-0.3, -0.25) is 25.0 Å². The number of nitrogens with zero attached hydrogens (tertiary/aromatic N) is 2. The van der Waals surface area contributed by atoms with Gasteiger partial charge in [0.15, 0.2) is 0 Å². The standard InChI is InChI=1S/C31H31N3O6/c1-7-19(22-13-16-9-10-17(33(37)38)14-21(16)30(22,3)4)25-27(35)26(28(25)36)20(8-2)29-31(5,6)23-15-18(34(39)40)11-12-24(23)32-29/h9-15,32,35H,7-8H2,1-6H3/b25-19+,29-20+. The normalized spacial score (nSPS) is 20.8. The number of carbonyl (C=O) groups is 1. The average molecular weight is 542 g/mol. The number of benzene rings is 2. The highest BCUT2D eigenvalue weighted by Crippen LogP contribution is 2.52. The quantitative estimate of drug-likeness (QED) is 0.222. The van der Waals surface area contributed by atoms with Crippen molar-refractivity contribution in [2.24, 2.45) is 0 Å². The molecule has 40 heavy (non-hydrogen) atoms. The third-order valence-corrected chi connectivity index (χ3v) is 8.53. The molecule has 2 aliphatic carbocycles. The van der Waals surface area contributed by atoms with E-state index in [1.807, 2.05) is 47.6 Å². The van der Waals surface area contributed by atoms with E-state index in [2.05, 4.69) is 5.32 Å². The number of ketones is 1. The SMILES string of the molecule is CC/C(C1=Cc2ccc([N+](=O)[O-])cc2C1(C)C)=C1\C(=O)C(C(/CC)=C2/Nc3ccc([N+](=O)[O-])cc3C2(C)C)=C1O. The maximum Gasteiger partial charge on any atom is 0.269 e. The van der Waals surface area contributed by atoms with E-state index in [0.29, 0.717) is 24.0 Å². The van der Waals surface area contributed by atoms with Crippen molar-refractivity contribution in [2.75, 3.05) is 5.32 Å². The molecule has 0 atom stereocenters. The van der Waals surface area contributed by atoms with Gasteiger partial charge in [0.1, 0.15) is 5.76 Å². The molecule has 9 heteroatoms. The van der Waals surface area contributed by atoms with Crippen LogP contribution in [0.25, 0.3) is 6.08 Å². The van der Waals surface area contributed by atoms with Crippen molar-refractivity contribution >= 4 is 28.9 Å². The Balaban J connectivity index is 1.61. The van der Waals surface area contributed by atoms with Crippen molar-refractivity contribution in [1.29, 1.82) is 0 Å². The van der Waals surface area contributed by atoms with Crippen LogP contribution >= 0.6 is 0 Å². The minimum Gasteiger partial charge on any atom is -0.506 e. The lowest BCUT2D eigenvalue weighted by molar-refractivity contribution is -0.385. The number of non-ortho nitro benzene ring substituents is 2. The number of allylic oxidation sites excluding steroid dienone is 6. The Hall–Kier alpha value is -4.53. The van der Waals surface area contributed by atoms with Crippen LogP contribution in [-0.4, -0.2) is 20.7 Å². The van der Waals surface area contributed by atoms with Crippen molar-refractivity contribution in [3.8, 4) is 0 Å². The van der Waals surface area contributed by atoms with Crippen molar-refractivity contribution in [3.05, 3.63) is 113 Å². The zero-order valence-corrected chi connectivity index (χ0v) is 23.3. The van der Waals surface area contributed by atoms with Gasteiger partial charge in [0.2, 0.25) is 5.78 Å². The number of carbonyl (C=O) groups excluding carboxylic acids is 1. The Labute approximate surface area is 231 Å². The predicted molar refractivity (Wildman–Crippen MR) is 153 cm³/mol. The zero-order valence-electron chi connectivity index (χ0n) is 23.3. The third kappa shape index (κ3) is 3.71. The monoisotopic (exact) mass is 541 g/mol. The molecule has 1 heterocycles. The Morgan fingerprint density at radius 1 is 0.875 bits per heavy atom. The molecule has 2 N–H and O–H groups in total. The largest absolute Gasteiger partial charge is 0.506 e. The molecule has 0 saturated heterocycles. The first kappa shape index (κ1) is 27.1. The molecule has 0 fully saturated rings. The molecule has 0 unspecified atom stereocenters. The number of hydrogen-bond acceptors (Lipinski definition) is 7. The maximum absolute atomic E-state index is 13.8. The fraction of sp³-hybridized carbons (Fsp3) is 0.323. The summed E-state index contributed by atoms with van der Waals surface area (Å²) < 4.78 is 0. The van der Waals surface area contributed by atoms with Gasteiger partial charge in [-0.1, -0.05) is 47.6 Å². The molecule has 5 rings (SSSR count). The molecule has 1 aliphatic heterocycles. The van der Waals surface area contributed by atoms with Crippen LogP contribution < -0.4 is 5.32 Å². The minimum absolute atomic E-state index is 0.00806. The third-order valence-electron chi connectivity index (χ3n) is 8.53. The molecule has 0 radical (unpaired) electrons. The highest BCUT2D eigenvalue weighted by atomic mass is 16.6. The second kappa shape index (κ2) is 9.01. The second-order valence-electron chi connectivity index (χ2n) is 11.4. The number of nitro groups is 2. The van der Waals surface area contributed by atoms with E-state index in [9.17, 15) is 30.1 Å². The van der Waals surface area contributed by atoms with Crippen molar-refractivity contribution < 1.29 is 19.7 Å². The molecule has 0 aromatic heterocycles. The fourth-order valence-electron chi connectivity index (χ4n) is 6.36. The predicted octanol–water partition coefficient (Wildman–Crippen LogP) is 7.35. The Kier molecular flexibility index (Phi) is 6.09. The summed E-state index contributed by atoms with van der Waals surface area (Å²) in [6, 6.07) is 9.44. The van der Waals surface area contributed by atoms with Crippen LogP contribution in [0, 0.1) is 20.2 Å². The average Bonchev–Trinajstić information content (AvgIpc) is 3.33. The Bertz CT molecular complexity index is 1670. The summed E-state index contributed by atoms with van der Waals surface area (Å²) in [5.74, 6) is -0.318. The van der Waals surface area contributed by atoms with E-state index in [1.165, 1.54) is 12.1 Å². The molecule has 0 saturated carbocycles. The van der Waals surface area contributed by atoms with Gasteiger partial charge in [-0.25, -0.2) is 0 Å². The molecule has 206 valence electrons. The van der Waals surface area contributed by atoms with Gasteiger partial charge >= 0.3 is 0 Å². The van der Waals surface area contributed by atoms with Gasteiger partial charge in [0, 0.05) is 46.5 Å². The topological polar surface area (TPSA) is 136 Å². The number of nitro benzene ring substituents is 2. The Morgan fingerprint density at radius 2 is 1.45 bits per heavy atom. The summed E-state index contributed by atoms with van der Waals surface area (Å²) in [6.45, 7) is 11.7. The molecule has 2 aromatic carbocycles. The van der Waals surface area contributed by atoms with Gasteiger partial charge in [-0.2, -0.15) is 0 Å². The number of nitrogens with one attached hydrogen (secondary N) is 1. The van der Waals surface area contributed by atoms with E-state index >= 15 is 0 Å². The van der Waals surface area contributed by atoms with Gasteiger partial charge in [-0.05, 0) is 58.4 Å². The van der Waals surface area contributed by atoms with Gasteiger partial charge in [-0.15, -0.1) is 0 Å². The van der Waals surface area contributed by atoms with Crippen LogP contribution in [0.1, 0.15) is 71.1 Å². The van der Waals surface area contributed by atoms with Crippen LogP contribution in [0.4, 0.5) is 17.1 Å². The molecule has 9 nitrogen and oxygen atoms in total. The zero-order chi connectivity index (χ0) is 29.3. The van der Waals surface area contributed by atoms with Crippen molar-refractivity contribution in [3.63, 3.8) is 0 Å². The molecule has 0 spiro atoms. The van der Waals surface area contributed by atoms with E-state index in [4.69, 9.17) is 0 Å². The van der Waals surface area contributed by atoms with E-state index in [1.54, 1.807) is 24.3 Å². The van der Waals surface area contributed by atoms with Gasteiger partial charge in [0.25, 0.3) is 11.4 Å². The van der Waals surface area contributed by atoms with Crippen LogP contribution in [0.2, 0.25) is 0 Å². The number of aliphatic hydroxyl groups excluding tert-OH is 1. The summed E-state index contributed by atoms with van der Waals surface area (Å²) in [5, 5.41) is 37.5.